The molecule has 0 fully saturated rings. The molecule has 0 saturated carbocycles. The van der Waals surface area contributed by atoms with Gasteiger partial charge in [0.05, 0.1) is 5.92 Å². The van der Waals surface area contributed by atoms with Crippen molar-refractivity contribution in [3.63, 3.8) is 0 Å². The molecule has 0 aliphatic heterocycles. The van der Waals surface area contributed by atoms with E-state index in [4.69, 9.17) is 10.9 Å². The maximum absolute atomic E-state index is 9.06. The van der Waals surface area contributed by atoms with Gasteiger partial charge in [-0.2, -0.15) is 0 Å². The van der Waals surface area contributed by atoms with Crippen molar-refractivity contribution in [2.75, 3.05) is 13.1 Å². The number of hydrogen-bond donors (Lipinski definition) is 2. The van der Waals surface area contributed by atoms with Gasteiger partial charge in [0.15, 0.2) is 0 Å². The summed E-state index contributed by atoms with van der Waals surface area (Å²) in [6.07, 6.45) is 0. The van der Waals surface area contributed by atoms with Crippen LogP contribution in [0.4, 0.5) is 0 Å². The number of nitrogens with zero attached hydrogens (tertiary/aromatic N) is 2. The van der Waals surface area contributed by atoms with Gasteiger partial charge in [-0.3, -0.25) is 4.90 Å². The lowest BCUT2D eigenvalue weighted by atomic mass is 9.97. The van der Waals surface area contributed by atoms with E-state index < -0.39 is 0 Å². The third-order valence-electron chi connectivity index (χ3n) is 3.52. The van der Waals surface area contributed by atoms with Crippen LogP contribution in [0.5, 0.6) is 0 Å². The molecular formula is C16H21N3OS. The number of rotatable bonds is 7. The van der Waals surface area contributed by atoms with Gasteiger partial charge >= 0.3 is 0 Å². The van der Waals surface area contributed by atoms with Gasteiger partial charge in [0, 0.05) is 18.0 Å². The lowest BCUT2D eigenvalue weighted by Gasteiger charge is -2.25. The summed E-state index contributed by atoms with van der Waals surface area (Å²) < 4.78 is 0. The highest BCUT2D eigenvalue weighted by Crippen LogP contribution is 2.20. The zero-order valence-electron chi connectivity index (χ0n) is 12.1. The van der Waals surface area contributed by atoms with Gasteiger partial charge in [0.1, 0.15) is 5.84 Å². The molecule has 0 bridgehead atoms. The third kappa shape index (κ3) is 4.31. The Morgan fingerprint density at radius 3 is 2.62 bits per heavy atom. The topological polar surface area (TPSA) is 61.8 Å². The zero-order chi connectivity index (χ0) is 15.1. The summed E-state index contributed by atoms with van der Waals surface area (Å²) in [6, 6.07) is 14.1. The van der Waals surface area contributed by atoms with E-state index in [0.29, 0.717) is 0 Å². The summed E-state index contributed by atoms with van der Waals surface area (Å²) in [5.41, 5.74) is 6.97. The van der Waals surface area contributed by atoms with Crippen molar-refractivity contribution in [3.8, 4) is 0 Å². The number of likely N-dealkylation sites (N-methyl/N-ethyl adjacent to an activating group) is 1. The normalized spacial score (nSPS) is 13.5. The molecule has 1 aromatic heterocycles. The highest BCUT2D eigenvalue weighted by atomic mass is 32.1. The molecule has 21 heavy (non-hydrogen) atoms. The van der Waals surface area contributed by atoms with Gasteiger partial charge in [0.2, 0.25) is 0 Å². The Kier molecular flexibility index (Phi) is 5.78. The van der Waals surface area contributed by atoms with Gasteiger partial charge in [-0.05, 0) is 23.6 Å². The van der Waals surface area contributed by atoms with Crippen LogP contribution in [0.3, 0.4) is 0 Å². The van der Waals surface area contributed by atoms with Crippen molar-refractivity contribution >= 4 is 17.2 Å². The molecule has 3 N–H and O–H groups in total. The van der Waals surface area contributed by atoms with Crippen molar-refractivity contribution in [3.05, 3.63) is 58.3 Å². The van der Waals surface area contributed by atoms with Crippen LogP contribution in [0, 0.1) is 0 Å². The van der Waals surface area contributed by atoms with E-state index >= 15 is 0 Å². The fourth-order valence-electron chi connectivity index (χ4n) is 2.31. The van der Waals surface area contributed by atoms with Crippen LogP contribution < -0.4 is 5.73 Å². The summed E-state index contributed by atoms with van der Waals surface area (Å²) in [5.74, 6) is 0.155. The van der Waals surface area contributed by atoms with Crippen LogP contribution in [0.15, 0.2) is 53.0 Å². The van der Waals surface area contributed by atoms with E-state index in [0.717, 1.165) is 25.2 Å². The number of nitrogens with two attached hydrogens (primary N) is 1. The van der Waals surface area contributed by atoms with E-state index in [1.165, 1.54) is 4.88 Å². The van der Waals surface area contributed by atoms with Crippen LogP contribution in [0.25, 0.3) is 0 Å². The van der Waals surface area contributed by atoms with Crippen molar-refractivity contribution < 1.29 is 5.21 Å². The van der Waals surface area contributed by atoms with Crippen LogP contribution in [-0.2, 0) is 6.54 Å². The van der Waals surface area contributed by atoms with E-state index in [1.54, 1.807) is 11.3 Å². The maximum Gasteiger partial charge on any atom is 0.147 e. The lowest BCUT2D eigenvalue weighted by Crippen LogP contribution is -2.34. The number of hydrogen-bond acceptors (Lipinski definition) is 4. The molecule has 112 valence electrons. The second-order valence-corrected chi connectivity index (χ2v) is 5.93. The molecule has 0 spiro atoms. The van der Waals surface area contributed by atoms with Gasteiger partial charge in [0.25, 0.3) is 0 Å². The van der Waals surface area contributed by atoms with Crippen LogP contribution in [0.2, 0.25) is 0 Å². The molecule has 0 aliphatic rings. The number of oxime groups is 1. The number of amidine groups is 1. The Morgan fingerprint density at radius 2 is 2.05 bits per heavy atom. The van der Waals surface area contributed by atoms with Crippen molar-refractivity contribution in [2.45, 2.75) is 19.4 Å². The first-order valence-corrected chi connectivity index (χ1v) is 7.89. The lowest BCUT2D eigenvalue weighted by molar-refractivity contribution is 0.273. The Morgan fingerprint density at radius 1 is 1.29 bits per heavy atom. The second-order valence-electron chi connectivity index (χ2n) is 4.90. The summed E-state index contributed by atoms with van der Waals surface area (Å²) in [7, 11) is 0. The van der Waals surface area contributed by atoms with Crippen LogP contribution in [0.1, 0.15) is 23.3 Å². The monoisotopic (exact) mass is 303 g/mol. The first-order chi connectivity index (χ1) is 10.2. The van der Waals surface area contributed by atoms with E-state index in [2.05, 4.69) is 34.5 Å². The summed E-state index contributed by atoms with van der Waals surface area (Å²) in [6.45, 7) is 4.66. The van der Waals surface area contributed by atoms with Gasteiger partial charge in [-0.15, -0.1) is 11.3 Å². The smallest absolute Gasteiger partial charge is 0.147 e. The molecule has 2 aromatic rings. The molecule has 2 rings (SSSR count). The molecule has 1 atom stereocenters. The van der Waals surface area contributed by atoms with Crippen molar-refractivity contribution in [1.29, 1.82) is 0 Å². The molecule has 1 aromatic carbocycles. The van der Waals surface area contributed by atoms with Gasteiger partial charge < -0.3 is 10.9 Å². The molecule has 0 saturated heterocycles. The fraction of sp³-hybridized carbons (Fsp3) is 0.312. The van der Waals surface area contributed by atoms with E-state index in [1.807, 2.05) is 30.3 Å². The van der Waals surface area contributed by atoms with Crippen LogP contribution in [-0.4, -0.2) is 29.0 Å². The quantitative estimate of drug-likeness (QED) is 0.357. The molecule has 5 heteroatoms. The largest absolute Gasteiger partial charge is 0.409 e. The van der Waals surface area contributed by atoms with E-state index in [9.17, 15) is 0 Å². The van der Waals surface area contributed by atoms with Crippen LogP contribution >= 0.6 is 11.3 Å². The Bertz CT molecular complexity index is 554. The average molecular weight is 303 g/mol. The molecule has 0 aliphatic carbocycles. The third-order valence-corrected chi connectivity index (χ3v) is 4.38. The maximum atomic E-state index is 9.06. The van der Waals surface area contributed by atoms with Gasteiger partial charge in [-0.25, -0.2) is 0 Å². The molecule has 4 nitrogen and oxygen atoms in total. The SMILES string of the molecule is CCN(Cc1cccs1)CC(C(N)=NO)c1ccccc1. The minimum Gasteiger partial charge on any atom is -0.409 e. The Hall–Kier alpha value is -1.85. The average Bonchev–Trinajstić information content (AvgIpc) is 3.04. The zero-order valence-corrected chi connectivity index (χ0v) is 13.0. The first-order valence-electron chi connectivity index (χ1n) is 7.01. The molecule has 0 radical (unpaired) electrons. The predicted octanol–water partition coefficient (Wildman–Crippen LogP) is 3.10. The fourth-order valence-corrected chi connectivity index (χ4v) is 3.06. The molecule has 1 heterocycles. The summed E-state index contributed by atoms with van der Waals surface area (Å²) in [5, 5.41) is 14.4. The minimum atomic E-state index is -0.101. The Balaban J connectivity index is 2.13. The Labute approximate surface area is 129 Å². The predicted molar refractivity (Wildman–Crippen MR) is 87.9 cm³/mol. The van der Waals surface area contributed by atoms with Gasteiger partial charge in [-0.1, -0.05) is 48.5 Å². The van der Waals surface area contributed by atoms with Crippen molar-refractivity contribution in [1.82, 2.24) is 4.90 Å². The molecule has 0 amide bonds. The summed E-state index contributed by atoms with van der Waals surface area (Å²) in [4.78, 5) is 3.63. The molecule has 1 unspecified atom stereocenters. The highest BCUT2D eigenvalue weighted by molar-refractivity contribution is 7.09. The second kappa shape index (κ2) is 7.81. The number of thiophene rings is 1. The van der Waals surface area contributed by atoms with Crippen molar-refractivity contribution in [2.24, 2.45) is 10.9 Å². The van der Waals surface area contributed by atoms with E-state index in [-0.39, 0.29) is 11.8 Å². The molecular weight excluding hydrogens is 282 g/mol. The standard InChI is InChI=1S/C16H21N3OS/c1-2-19(11-14-9-6-10-21-14)12-15(16(17)18-20)13-7-4-3-5-8-13/h3-10,15,20H,2,11-12H2,1H3,(H2,17,18). The minimum absolute atomic E-state index is 0.101. The number of benzene rings is 1. The summed E-state index contributed by atoms with van der Waals surface area (Å²) >= 11 is 1.75. The highest BCUT2D eigenvalue weighted by Gasteiger charge is 2.20. The first kappa shape index (κ1) is 15.5.